The summed E-state index contributed by atoms with van der Waals surface area (Å²) < 4.78 is 14.5. The molecule has 0 bridgehead atoms. The van der Waals surface area contributed by atoms with E-state index in [1.54, 1.807) is 22.0 Å². The zero-order valence-electron chi connectivity index (χ0n) is 9.00. The molecule has 0 radical (unpaired) electrons. The fourth-order valence-corrected chi connectivity index (χ4v) is 2.61. The molecule has 0 atom stereocenters. The topological polar surface area (TPSA) is 46.2 Å². The summed E-state index contributed by atoms with van der Waals surface area (Å²) >= 11 is 0. The molecule has 1 aromatic rings. The predicted octanol–water partition coefficient (Wildman–Crippen LogP) is -3.65. The van der Waals surface area contributed by atoms with E-state index in [0.29, 0.717) is 24.6 Å². The third-order valence-electron chi connectivity index (χ3n) is 2.44. The molecule has 1 aliphatic heterocycles. The molecule has 1 aromatic heterocycles. The summed E-state index contributed by atoms with van der Waals surface area (Å²) in [6, 6.07) is -0.0349. The normalized spacial score (nSPS) is 16.9. The van der Waals surface area contributed by atoms with Crippen LogP contribution in [-0.2, 0) is 17.8 Å². The Morgan fingerprint density at radius 3 is 2.50 bits per heavy atom. The van der Waals surface area contributed by atoms with Crippen molar-refractivity contribution >= 4 is 16.8 Å². The molecule has 1 amide bonds. The molecule has 0 aromatic carbocycles. The summed E-state index contributed by atoms with van der Waals surface area (Å²) in [6.07, 6.45) is 5.28. The number of carbonyl (C=O) groups excluding carboxylic acids is 1. The second-order valence-electron chi connectivity index (χ2n) is 3.60. The van der Waals surface area contributed by atoms with Gasteiger partial charge in [0.25, 0.3) is 6.33 Å². The number of nitrogens with zero attached hydrogens (tertiary/aromatic N) is 3. The van der Waals surface area contributed by atoms with Gasteiger partial charge in [0.15, 0.2) is 0 Å². The van der Waals surface area contributed by atoms with E-state index in [2.05, 4.69) is 0 Å². The lowest BCUT2D eigenvalue weighted by Crippen LogP contribution is -3.00. The molecule has 2 rings (SSSR count). The van der Waals surface area contributed by atoms with E-state index in [1.165, 1.54) is 0 Å². The first-order valence-corrected chi connectivity index (χ1v) is 6.33. The third kappa shape index (κ3) is 3.03. The van der Waals surface area contributed by atoms with Gasteiger partial charge in [-0.15, -0.1) is 0 Å². The van der Waals surface area contributed by atoms with Gasteiger partial charge in [0.2, 0.25) is 0 Å². The highest BCUT2D eigenvalue weighted by Gasteiger charge is 2.24. The number of imidazole rings is 1. The molecular formula is C9H14IN3O2S. The number of rotatable bonds is 0. The van der Waals surface area contributed by atoms with Crippen LogP contribution in [0.25, 0.3) is 0 Å². The van der Waals surface area contributed by atoms with Gasteiger partial charge >= 0.3 is 6.03 Å². The molecule has 7 heteroatoms. The van der Waals surface area contributed by atoms with Crippen LogP contribution in [0.5, 0.6) is 0 Å². The highest BCUT2D eigenvalue weighted by atomic mass is 127. The van der Waals surface area contributed by atoms with Crippen molar-refractivity contribution in [3.05, 3.63) is 18.7 Å². The Morgan fingerprint density at radius 2 is 2.00 bits per heavy atom. The lowest BCUT2D eigenvalue weighted by atomic mass is 10.5. The van der Waals surface area contributed by atoms with Crippen molar-refractivity contribution in [2.75, 3.05) is 24.6 Å². The number of aryl methyl sites for hydroxylation is 1. The Kier molecular flexibility index (Phi) is 4.90. The number of halogens is 1. The zero-order valence-corrected chi connectivity index (χ0v) is 12.0. The van der Waals surface area contributed by atoms with E-state index < -0.39 is 10.8 Å². The molecular weight excluding hydrogens is 341 g/mol. The Balaban J connectivity index is 0.00000128. The molecule has 0 aliphatic carbocycles. The van der Waals surface area contributed by atoms with Gasteiger partial charge in [-0.1, -0.05) is 0 Å². The second kappa shape index (κ2) is 5.76. The number of carbonyl (C=O) groups is 1. The first kappa shape index (κ1) is 13.6. The molecule has 90 valence electrons. The van der Waals surface area contributed by atoms with Crippen LogP contribution in [0.1, 0.15) is 0 Å². The summed E-state index contributed by atoms with van der Waals surface area (Å²) in [6.45, 7) is 1.18. The van der Waals surface area contributed by atoms with Crippen LogP contribution in [-0.4, -0.2) is 44.3 Å². The highest BCUT2D eigenvalue weighted by Crippen LogP contribution is 2.02. The number of hydrogen-bond donors (Lipinski definition) is 0. The first-order chi connectivity index (χ1) is 7.16. The van der Waals surface area contributed by atoms with Crippen LogP contribution in [0.15, 0.2) is 18.7 Å². The molecule has 1 aliphatic rings. The minimum absolute atomic E-state index is 0. The van der Waals surface area contributed by atoms with Crippen LogP contribution in [0.4, 0.5) is 4.79 Å². The average Bonchev–Trinajstić information content (AvgIpc) is 2.65. The van der Waals surface area contributed by atoms with E-state index in [0.717, 1.165) is 0 Å². The van der Waals surface area contributed by atoms with Gasteiger partial charge in [0, 0.05) is 35.4 Å². The van der Waals surface area contributed by atoms with Crippen LogP contribution < -0.4 is 28.5 Å². The van der Waals surface area contributed by atoms with Crippen molar-refractivity contribution in [2.24, 2.45) is 7.05 Å². The Labute approximate surface area is 114 Å². The SMILES string of the molecule is C[n+]1ccn(C(=O)N2CCS(=O)CC2)c1.[I-]. The van der Waals surface area contributed by atoms with Crippen molar-refractivity contribution in [1.29, 1.82) is 0 Å². The summed E-state index contributed by atoms with van der Waals surface area (Å²) in [4.78, 5) is 13.6. The Hall–Kier alpha value is -0.440. The van der Waals surface area contributed by atoms with Crippen LogP contribution in [0, 0.1) is 0 Å². The van der Waals surface area contributed by atoms with Crippen LogP contribution in [0.2, 0.25) is 0 Å². The largest absolute Gasteiger partial charge is 1.00 e. The fraction of sp³-hybridized carbons (Fsp3) is 0.556. The molecule has 0 N–H and O–H groups in total. The summed E-state index contributed by atoms with van der Waals surface area (Å²) in [5, 5.41) is 0. The number of amides is 1. The molecule has 0 unspecified atom stereocenters. The van der Waals surface area contributed by atoms with Crippen molar-refractivity contribution in [3.63, 3.8) is 0 Å². The minimum Gasteiger partial charge on any atom is -1.00 e. The van der Waals surface area contributed by atoms with Crippen LogP contribution >= 0.6 is 0 Å². The maximum absolute atomic E-state index is 11.9. The molecule has 0 spiro atoms. The quantitative estimate of drug-likeness (QED) is 0.356. The number of aromatic nitrogens is 2. The smallest absolute Gasteiger partial charge is 0.415 e. The van der Waals surface area contributed by atoms with E-state index in [9.17, 15) is 9.00 Å². The van der Waals surface area contributed by atoms with Gasteiger partial charge in [-0.05, 0) is 0 Å². The van der Waals surface area contributed by atoms with E-state index in [-0.39, 0.29) is 30.0 Å². The summed E-state index contributed by atoms with van der Waals surface area (Å²) in [5.74, 6) is 1.19. The minimum atomic E-state index is -0.737. The molecule has 2 heterocycles. The third-order valence-corrected chi connectivity index (χ3v) is 3.71. The van der Waals surface area contributed by atoms with Gasteiger partial charge < -0.3 is 28.9 Å². The van der Waals surface area contributed by atoms with Crippen LogP contribution in [0.3, 0.4) is 0 Å². The highest BCUT2D eigenvalue weighted by molar-refractivity contribution is 7.85. The van der Waals surface area contributed by atoms with Crippen molar-refractivity contribution in [3.8, 4) is 0 Å². The maximum atomic E-state index is 11.9. The van der Waals surface area contributed by atoms with Gasteiger partial charge in [0.05, 0.1) is 7.05 Å². The Bertz CT molecular complexity index is 397. The van der Waals surface area contributed by atoms with Crippen molar-refractivity contribution in [1.82, 2.24) is 9.47 Å². The molecule has 5 nitrogen and oxygen atoms in total. The predicted molar refractivity (Wildman–Crippen MR) is 55.9 cm³/mol. The van der Waals surface area contributed by atoms with E-state index in [4.69, 9.17) is 0 Å². The zero-order chi connectivity index (χ0) is 10.8. The van der Waals surface area contributed by atoms with E-state index in [1.807, 2.05) is 17.8 Å². The van der Waals surface area contributed by atoms with Gasteiger partial charge in [0.1, 0.15) is 12.4 Å². The Morgan fingerprint density at radius 1 is 1.38 bits per heavy atom. The standard InChI is InChI=1S/C9H14N3O2S.HI/c1-10-2-3-12(8-10)9(13)11-4-6-15(14)7-5-11;/h2-3,8H,4-7H2,1H3;1H/q+1;/p-1. The monoisotopic (exact) mass is 355 g/mol. The molecule has 0 saturated carbocycles. The lowest BCUT2D eigenvalue weighted by molar-refractivity contribution is -0.670. The number of hydrogen-bond acceptors (Lipinski definition) is 2. The second-order valence-corrected chi connectivity index (χ2v) is 5.30. The molecule has 1 fully saturated rings. The average molecular weight is 355 g/mol. The van der Waals surface area contributed by atoms with Crippen molar-refractivity contribution < 1.29 is 37.5 Å². The summed E-state index contributed by atoms with van der Waals surface area (Å²) in [7, 11) is 1.13. The molecule has 1 saturated heterocycles. The summed E-state index contributed by atoms with van der Waals surface area (Å²) in [5.41, 5.74) is 0. The maximum Gasteiger partial charge on any atom is 0.415 e. The van der Waals surface area contributed by atoms with Gasteiger partial charge in [-0.25, -0.2) is 9.36 Å². The van der Waals surface area contributed by atoms with E-state index >= 15 is 0 Å². The fourth-order valence-electron chi connectivity index (χ4n) is 1.56. The van der Waals surface area contributed by atoms with Gasteiger partial charge in [-0.3, -0.25) is 4.21 Å². The lowest BCUT2D eigenvalue weighted by Gasteiger charge is -2.23. The van der Waals surface area contributed by atoms with Gasteiger partial charge in [-0.2, -0.15) is 4.57 Å². The first-order valence-electron chi connectivity index (χ1n) is 4.84. The van der Waals surface area contributed by atoms with Crippen molar-refractivity contribution in [2.45, 2.75) is 0 Å². The molecule has 16 heavy (non-hydrogen) atoms.